The predicted octanol–water partition coefficient (Wildman–Crippen LogP) is 4.14. The van der Waals surface area contributed by atoms with Gasteiger partial charge >= 0.3 is 0 Å². The van der Waals surface area contributed by atoms with Gasteiger partial charge in [0.05, 0.1) is 11.4 Å². The summed E-state index contributed by atoms with van der Waals surface area (Å²) in [5.41, 5.74) is 2.11. The van der Waals surface area contributed by atoms with Gasteiger partial charge in [0.25, 0.3) is 0 Å². The molecule has 3 aromatic rings. The Morgan fingerprint density at radius 2 is 1.44 bits per heavy atom. The molecule has 7 nitrogen and oxygen atoms in total. The van der Waals surface area contributed by atoms with Gasteiger partial charge in [-0.15, -0.1) is 0 Å². The summed E-state index contributed by atoms with van der Waals surface area (Å²) in [6.07, 6.45) is 2.80. The van der Waals surface area contributed by atoms with Gasteiger partial charge in [-0.2, -0.15) is 4.31 Å². The number of carbonyl (C=O) groups is 2. The van der Waals surface area contributed by atoms with Crippen LogP contribution in [0.5, 0.6) is 0 Å². The average molecular weight is 478 g/mol. The van der Waals surface area contributed by atoms with E-state index in [2.05, 4.69) is 10.6 Å². The van der Waals surface area contributed by atoms with Crippen LogP contribution in [0.2, 0.25) is 0 Å². The van der Waals surface area contributed by atoms with Crippen LogP contribution in [0.25, 0.3) is 0 Å². The molecule has 1 fully saturated rings. The number of anilines is 2. The molecule has 0 radical (unpaired) electrons. The SMILES string of the molecule is O=C(CNc1ccccc1C(=O)c1ccccc1)Nc1ccc(S(=O)(=O)N2CCCCC2)cc1. The highest BCUT2D eigenvalue weighted by molar-refractivity contribution is 7.89. The molecule has 1 saturated heterocycles. The lowest BCUT2D eigenvalue weighted by molar-refractivity contribution is -0.114. The molecule has 176 valence electrons. The Bertz CT molecular complexity index is 1250. The van der Waals surface area contributed by atoms with E-state index in [1.54, 1.807) is 60.7 Å². The molecule has 0 aliphatic carbocycles. The van der Waals surface area contributed by atoms with Gasteiger partial charge < -0.3 is 10.6 Å². The van der Waals surface area contributed by atoms with Crippen LogP contribution in [0, 0.1) is 0 Å². The molecule has 8 heteroatoms. The smallest absolute Gasteiger partial charge is 0.243 e. The summed E-state index contributed by atoms with van der Waals surface area (Å²) < 4.78 is 27.1. The molecule has 3 aromatic carbocycles. The van der Waals surface area contributed by atoms with E-state index in [1.807, 2.05) is 6.07 Å². The number of nitrogens with zero attached hydrogens (tertiary/aromatic N) is 1. The Morgan fingerprint density at radius 3 is 2.15 bits per heavy atom. The van der Waals surface area contributed by atoms with Crippen LogP contribution in [-0.4, -0.2) is 44.0 Å². The van der Waals surface area contributed by atoms with Crippen molar-refractivity contribution < 1.29 is 18.0 Å². The number of hydrogen-bond acceptors (Lipinski definition) is 5. The molecule has 0 bridgehead atoms. The van der Waals surface area contributed by atoms with Crippen LogP contribution in [0.3, 0.4) is 0 Å². The first-order valence-corrected chi connectivity index (χ1v) is 12.7. The molecule has 0 spiro atoms. The van der Waals surface area contributed by atoms with Crippen molar-refractivity contribution >= 4 is 33.1 Å². The zero-order valence-corrected chi connectivity index (χ0v) is 19.6. The second-order valence-electron chi connectivity index (χ2n) is 8.13. The highest BCUT2D eigenvalue weighted by Crippen LogP contribution is 2.22. The van der Waals surface area contributed by atoms with Crippen molar-refractivity contribution in [3.8, 4) is 0 Å². The number of hydrogen-bond donors (Lipinski definition) is 2. The third-order valence-corrected chi connectivity index (χ3v) is 7.65. The Labute approximate surface area is 199 Å². The van der Waals surface area contributed by atoms with Crippen molar-refractivity contribution in [2.75, 3.05) is 30.3 Å². The topological polar surface area (TPSA) is 95.6 Å². The second kappa shape index (κ2) is 10.6. The summed E-state index contributed by atoms with van der Waals surface area (Å²) in [6.45, 7) is 1.04. The fraction of sp³-hybridized carbons (Fsp3) is 0.231. The van der Waals surface area contributed by atoms with E-state index in [0.29, 0.717) is 35.6 Å². The zero-order valence-electron chi connectivity index (χ0n) is 18.7. The number of sulfonamides is 1. The van der Waals surface area contributed by atoms with Gasteiger partial charge in [0.1, 0.15) is 0 Å². The number of para-hydroxylation sites is 1. The largest absolute Gasteiger partial charge is 0.376 e. The normalized spacial score (nSPS) is 14.4. The van der Waals surface area contributed by atoms with E-state index < -0.39 is 10.0 Å². The van der Waals surface area contributed by atoms with Gasteiger partial charge in [-0.05, 0) is 49.2 Å². The van der Waals surface area contributed by atoms with Gasteiger partial charge in [0, 0.05) is 35.6 Å². The Morgan fingerprint density at radius 1 is 0.794 bits per heavy atom. The number of carbonyl (C=O) groups excluding carboxylic acids is 2. The first kappa shape index (κ1) is 23.7. The van der Waals surface area contributed by atoms with E-state index in [0.717, 1.165) is 19.3 Å². The zero-order chi connectivity index (χ0) is 24.0. The van der Waals surface area contributed by atoms with Crippen LogP contribution in [0.15, 0.2) is 83.8 Å². The number of amides is 1. The molecule has 0 aromatic heterocycles. The lowest BCUT2D eigenvalue weighted by Crippen LogP contribution is -2.35. The Kier molecular flexibility index (Phi) is 7.40. The van der Waals surface area contributed by atoms with Crippen molar-refractivity contribution in [3.05, 3.63) is 90.0 Å². The summed E-state index contributed by atoms with van der Waals surface area (Å²) in [4.78, 5) is 25.5. The number of ketones is 1. The van der Waals surface area contributed by atoms with Crippen LogP contribution >= 0.6 is 0 Å². The number of rotatable bonds is 8. The molecular formula is C26H27N3O4S. The lowest BCUT2D eigenvalue weighted by Gasteiger charge is -2.25. The van der Waals surface area contributed by atoms with Crippen molar-refractivity contribution in [2.24, 2.45) is 0 Å². The van der Waals surface area contributed by atoms with Crippen molar-refractivity contribution in [1.82, 2.24) is 4.31 Å². The molecule has 34 heavy (non-hydrogen) atoms. The molecule has 0 saturated carbocycles. The molecule has 1 aliphatic heterocycles. The number of benzene rings is 3. The van der Waals surface area contributed by atoms with Gasteiger partial charge in [-0.25, -0.2) is 8.42 Å². The maximum Gasteiger partial charge on any atom is 0.243 e. The maximum absolute atomic E-state index is 12.8. The van der Waals surface area contributed by atoms with E-state index >= 15 is 0 Å². The maximum atomic E-state index is 12.8. The van der Waals surface area contributed by atoms with Crippen molar-refractivity contribution in [3.63, 3.8) is 0 Å². The minimum atomic E-state index is -3.51. The molecule has 1 amide bonds. The minimum Gasteiger partial charge on any atom is -0.376 e. The summed E-state index contributed by atoms with van der Waals surface area (Å²) in [5, 5.41) is 5.78. The lowest BCUT2D eigenvalue weighted by atomic mass is 10.0. The second-order valence-corrected chi connectivity index (χ2v) is 10.1. The third-order valence-electron chi connectivity index (χ3n) is 5.74. The summed E-state index contributed by atoms with van der Waals surface area (Å²) in [7, 11) is -3.51. The quantitative estimate of drug-likeness (QED) is 0.476. The molecule has 2 N–H and O–H groups in total. The van der Waals surface area contributed by atoms with Crippen LogP contribution in [0.4, 0.5) is 11.4 Å². The average Bonchev–Trinajstić information content (AvgIpc) is 2.88. The van der Waals surface area contributed by atoms with Gasteiger partial charge in [0.15, 0.2) is 5.78 Å². The number of nitrogens with one attached hydrogen (secondary N) is 2. The first-order valence-electron chi connectivity index (χ1n) is 11.3. The van der Waals surface area contributed by atoms with Crippen LogP contribution in [-0.2, 0) is 14.8 Å². The van der Waals surface area contributed by atoms with Crippen LogP contribution in [0.1, 0.15) is 35.2 Å². The standard InChI is InChI=1S/C26H27N3O4S/c30-25(19-27-24-12-6-5-11-23(24)26(31)20-9-3-1-4-10-20)28-21-13-15-22(16-14-21)34(32,33)29-17-7-2-8-18-29/h1,3-6,9-16,27H,2,7-8,17-19H2,(H,28,30). The minimum absolute atomic E-state index is 0.0487. The molecular weight excluding hydrogens is 450 g/mol. The summed E-state index contributed by atoms with van der Waals surface area (Å²) in [5.74, 6) is -0.441. The van der Waals surface area contributed by atoms with E-state index in [4.69, 9.17) is 0 Å². The molecule has 0 unspecified atom stereocenters. The van der Waals surface area contributed by atoms with Gasteiger partial charge in [0.2, 0.25) is 15.9 Å². The predicted molar refractivity (Wildman–Crippen MR) is 132 cm³/mol. The van der Waals surface area contributed by atoms with E-state index in [1.165, 1.54) is 16.4 Å². The highest BCUT2D eigenvalue weighted by Gasteiger charge is 2.25. The third kappa shape index (κ3) is 5.52. The fourth-order valence-electron chi connectivity index (χ4n) is 3.93. The number of piperidine rings is 1. The van der Waals surface area contributed by atoms with Crippen molar-refractivity contribution in [1.29, 1.82) is 0 Å². The van der Waals surface area contributed by atoms with Crippen molar-refractivity contribution in [2.45, 2.75) is 24.2 Å². The van der Waals surface area contributed by atoms with E-state index in [9.17, 15) is 18.0 Å². The van der Waals surface area contributed by atoms with Gasteiger partial charge in [-0.1, -0.05) is 48.9 Å². The fourth-order valence-corrected chi connectivity index (χ4v) is 5.44. The molecule has 0 atom stereocenters. The Hall–Kier alpha value is -3.49. The first-order chi connectivity index (χ1) is 16.4. The van der Waals surface area contributed by atoms with Gasteiger partial charge in [-0.3, -0.25) is 9.59 Å². The monoisotopic (exact) mass is 477 g/mol. The molecule has 1 aliphatic rings. The summed E-state index contributed by atoms with van der Waals surface area (Å²) >= 11 is 0. The highest BCUT2D eigenvalue weighted by atomic mass is 32.2. The van der Waals surface area contributed by atoms with Crippen LogP contribution < -0.4 is 10.6 Å². The molecule has 1 heterocycles. The molecule has 4 rings (SSSR count). The Balaban J connectivity index is 1.37. The van der Waals surface area contributed by atoms with E-state index in [-0.39, 0.29) is 23.1 Å². The summed E-state index contributed by atoms with van der Waals surface area (Å²) in [6, 6.07) is 22.2.